The molecule has 0 bridgehead atoms. The summed E-state index contributed by atoms with van der Waals surface area (Å²) in [7, 11) is -2.42. The summed E-state index contributed by atoms with van der Waals surface area (Å²) in [6.07, 6.45) is 4.69. The fourth-order valence-corrected chi connectivity index (χ4v) is 7.27. The quantitative estimate of drug-likeness (QED) is 0.166. The van der Waals surface area contributed by atoms with Crippen molar-refractivity contribution < 1.29 is 23.1 Å². The van der Waals surface area contributed by atoms with Crippen LogP contribution >= 0.6 is 0 Å². The van der Waals surface area contributed by atoms with E-state index >= 15 is 0 Å². The van der Waals surface area contributed by atoms with Gasteiger partial charge in [-0.15, -0.1) is 0 Å². The Morgan fingerprint density at radius 3 is 2.61 bits per heavy atom. The highest BCUT2D eigenvalue weighted by molar-refractivity contribution is 7.89. The molecule has 0 aromatic heterocycles. The van der Waals surface area contributed by atoms with Gasteiger partial charge in [0.05, 0.1) is 10.9 Å². The summed E-state index contributed by atoms with van der Waals surface area (Å²) in [5.41, 5.74) is 12.8. The molecule has 11 nitrogen and oxygen atoms in total. The lowest BCUT2D eigenvalue weighted by Crippen LogP contribution is -2.66. The number of nitrogens with zero attached hydrogens (tertiary/aromatic N) is 3. The van der Waals surface area contributed by atoms with Crippen LogP contribution in [0.2, 0.25) is 0 Å². The summed E-state index contributed by atoms with van der Waals surface area (Å²) >= 11 is 0. The number of Topliss-reactive ketones (excluding diaryl/α,β-unsaturated/α-hetero) is 1. The normalized spacial score (nSPS) is 23.7. The number of nitrogens with one attached hydrogen (secondary N) is 1. The summed E-state index contributed by atoms with van der Waals surface area (Å²) in [6.45, 7) is 3.75. The third-order valence-corrected chi connectivity index (χ3v) is 9.57. The smallest absolute Gasteiger partial charge is 0.333 e. The van der Waals surface area contributed by atoms with Gasteiger partial charge in [-0.1, -0.05) is 29.4 Å². The average molecular weight is 545 g/mol. The van der Waals surface area contributed by atoms with Crippen LogP contribution in [-0.4, -0.2) is 90.1 Å². The average Bonchev–Trinajstić information content (AvgIpc) is 2.87. The third kappa shape index (κ3) is 5.13. The Kier molecular flexibility index (Phi) is 7.80. The topological polar surface area (TPSA) is 174 Å². The number of rotatable bonds is 7. The number of guanidine groups is 1. The van der Waals surface area contributed by atoms with Crippen molar-refractivity contribution in [2.45, 2.75) is 55.6 Å². The zero-order valence-electron chi connectivity index (χ0n) is 21.8. The van der Waals surface area contributed by atoms with Gasteiger partial charge < -0.3 is 26.4 Å². The van der Waals surface area contributed by atoms with Gasteiger partial charge in [0.15, 0.2) is 17.3 Å². The van der Waals surface area contributed by atoms with Gasteiger partial charge in [0.2, 0.25) is 10.0 Å². The zero-order chi connectivity index (χ0) is 27.8. The first-order chi connectivity index (χ1) is 17.9. The number of nitrogens with two attached hydrogens (primary N) is 2. The van der Waals surface area contributed by atoms with E-state index in [0.717, 1.165) is 34.0 Å². The molecule has 0 aliphatic carbocycles. The van der Waals surface area contributed by atoms with Gasteiger partial charge >= 0.3 is 5.97 Å². The molecular weight excluding hydrogens is 508 g/mol. The molecule has 0 saturated carbocycles. The number of aliphatic carboxylic acids is 1. The first-order valence-electron chi connectivity index (χ1n) is 12.6. The number of hydrogen-bond donors (Lipinski definition) is 4. The maximum atomic E-state index is 14.0. The van der Waals surface area contributed by atoms with Crippen LogP contribution in [0.1, 0.15) is 37.3 Å². The van der Waals surface area contributed by atoms with Gasteiger partial charge in [0.25, 0.3) is 0 Å². The van der Waals surface area contributed by atoms with Crippen LogP contribution in [0.25, 0.3) is 0 Å². The second-order valence-corrected chi connectivity index (χ2v) is 12.3. The van der Waals surface area contributed by atoms with Crippen LogP contribution in [-0.2, 0) is 32.6 Å². The maximum absolute atomic E-state index is 14.0. The van der Waals surface area contributed by atoms with E-state index in [2.05, 4.69) is 4.90 Å². The minimum atomic E-state index is -4.38. The second kappa shape index (κ2) is 10.6. The van der Waals surface area contributed by atoms with Crippen molar-refractivity contribution in [2.24, 2.45) is 11.5 Å². The number of carboxylic acid groups (broad SMARTS) is 1. The molecule has 0 saturated heterocycles. The van der Waals surface area contributed by atoms with Crippen LogP contribution in [0, 0.1) is 5.41 Å². The minimum absolute atomic E-state index is 0.0411. The summed E-state index contributed by atoms with van der Waals surface area (Å²) in [6, 6.07) is 3.59. The summed E-state index contributed by atoms with van der Waals surface area (Å²) in [5.74, 6) is -2.51. The Morgan fingerprint density at radius 1 is 1.18 bits per heavy atom. The van der Waals surface area contributed by atoms with Gasteiger partial charge in [-0.25, -0.2) is 13.2 Å². The van der Waals surface area contributed by atoms with E-state index in [1.165, 1.54) is 6.07 Å². The van der Waals surface area contributed by atoms with Crippen molar-refractivity contribution in [3.8, 4) is 0 Å². The SMILES string of the molecule is CC1=CCN(S(=O)(=O)c2ccc3c(c2)CN(C)CC3)[C@](C(=O)O)(C(=O)C(N)CC2=CCCN(C(=N)N)C2)C1. The van der Waals surface area contributed by atoms with E-state index in [4.69, 9.17) is 16.9 Å². The van der Waals surface area contributed by atoms with Crippen molar-refractivity contribution in [2.75, 3.05) is 33.2 Å². The molecule has 0 fully saturated rings. The number of carbonyl (C=O) groups is 2. The number of fused-ring (bicyclic) bond motifs is 1. The monoisotopic (exact) mass is 544 g/mol. The lowest BCUT2D eigenvalue weighted by atomic mass is 9.80. The Hall–Kier alpha value is -3.06. The molecule has 6 N–H and O–H groups in total. The van der Waals surface area contributed by atoms with Gasteiger partial charge in [-0.2, -0.15) is 4.31 Å². The summed E-state index contributed by atoms with van der Waals surface area (Å²) in [4.78, 5) is 30.5. The number of carbonyl (C=O) groups excluding carboxylic acids is 1. The first-order valence-corrected chi connectivity index (χ1v) is 14.1. The Morgan fingerprint density at radius 2 is 1.92 bits per heavy atom. The third-order valence-electron chi connectivity index (χ3n) is 7.68. The molecule has 3 aliphatic heterocycles. The van der Waals surface area contributed by atoms with Crippen LogP contribution in [0.3, 0.4) is 0 Å². The van der Waals surface area contributed by atoms with Gasteiger partial charge in [-0.3, -0.25) is 10.2 Å². The molecular formula is C26H36N6O5S. The molecule has 12 heteroatoms. The van der Waals surface area contributed by atoms with Crippen LogP contribution in [0.5, 0.6) is 0 Å². The van der Waals surface area contributed by atoms with Crippen LogP contribution in [0.15, 0.2) is 46.4 Å². The number of likely N-dealkylation sites (N-methyl/N-ethyl adjacent to an activating group) is 1. The maximum Gasteiger partial charge on any atom is 0.333 e. The molecule has 3 heterocycles. The van der Waals surface area contributed by atoms with E-state index in [0.29, 0.717) is 31.6 Å². The molecule has 38 heavy (non-hydrogen) atoms. The largest absolute Gasteiger partial charge is 0.479 e. The summed E-state index contributed by atoms with van der Waals surface area (Å²) in [5, 5.41) is 18.2. The molecule has 206 valence electrons. The first kappa shape index (κ1) is 28.0. The predicted molar refractivity (Wildman–Crippen MR) is 143 cm³/mol. The Bertz CT molecular complexity index is 1320. The highest BCUT2D eigenvalue weighted by Gasteiger charge is 2.58. The molecule has 0 radical (unpaired) electrons. The number of benzene rings is 1. The van der Waals surface area contributed by atoms with E-state index in [1.54, 1.807) is 30.0 Å². The van der Waals surface area contributed by atoms with E-state index in [1.807, 2.05) is 13.1 Å². The molecule has 1 unspecified atom stereocenters. The molecule has 1 aromatic rings. The van der Waals surface area contributed by atoms with Gasteiger partial charge in [-0.05, 0) is 56.5 Å². The number of carboxylic acids is 1. The Labute approximate surface area is 223 Å². The van der Waals surface area contributed by atoms with Crippen molar-refractivity contribution in [1.82, 2.24) is 14.1 Å². The lowest BCUT2D eigenvalue weighted by molar-refractivity contribution is -0.155. The van der Waals surface area contributed by atoms with E-state index in [9.17, 15) is 23.1 Å². The molecule has 4 rings (SSSR count). The minimum Gasteiger partial charge on any atom is -0.479 e. The van der Waals surface area contributed by atoms with E-state index in [-0.39, 0.29) is 30.2 Å². The Balaban J connectivity index is 1.70. The summed E-state index contributed by atoms with van der Waals surface area (Å²) < 4.78 is 28.8. The number of ketones is 1. The molecule has 2 atom stereocenters. The fourth-order valence-electron chi connectivity index (χ4n) is 5.57. The fraction of sp³-hybridized carbons (Fsp3) is 0.500. The number of hydrogen-bond acceptors (Lipinski definition) is 7. The van der Waals surface area contributed by atoms with Crippen molar-refractivity contribution in [1.29, 1.82) is 5.41 Å². The van der Waals surface area contributed by atoms with E-state index < -0.39 is 33.4 Å². The molecule has 3 aliphatic rings. The van der Waals surface area contributed by atoms with Crippen molar-refractivity contribution >= 4 is 27.7 Å². The standard InChI is InChI=1S/C26H36N6O5S/c1-17-7-11-32(38(36,37)21-6-5-19-8-10-30(2)16-20(19)13-21)26(14-17,24(34)35)23(33)22(27)12-18-4-3-9-31(15-18)25(28)29/h4-7,13,22H,3,8-12,14-16,27H2,1-2H3,(H3,28,29)(H,34,35)/t22?,26-/m0/s1. The van der Waals surface area contributed by atoms with Gasteiger partial charge in [0.1, 0.15) is 0 Å². The molecule has 0 spiro atoms. The molecule has 1 aromatic carbocycles. The second-order valence-electron chi connectivity index (χ2n) is 10.5. The molecule has 0 amide bonds. The van der Waals surface area contributed by atoms with Crippen LogP contribution in [0.4, 0.5) is 0 Å². The lowest BCUT2D eigenvalue weighted by Gasteiger charge is -2.42. The predicted octanol–water partition coefficient (Wildman–Crippen LogP) is 0.651. The van der Waals surface area contributed by atoms with Crippen LogP contribution < -0.4 is 11.5 Å². The highest BCUT2D eigenvalue weighted by Crippen LogP contribution is 2.37. The van der Waals surface area contributed by atoms with Gasteiger partial charge in [0, 0.05) is 39.1 Å². The zero-order valence-corrected chi connectivity index (χ0v) is 22.6. The highest BCUT2D eigenvalue weighted by atomic mass is 32.2. The van der Waals surface area contributed by atoms with Crippen molar-refractivity contribution in [3.63, 3.8) is 0 Å². The number of sulfonamides is 1. The van der Waals surface area contributed by atoms with Crippen molar-refractivity contribution in [3.05, 3.63) is 52.6 Å².